The van der Waals surface area contributed by atoms with E-state index in [9.17, 15) is 13.2 Å². The van der Waals surface area contributed by atoms with Crippen LogP contribution < -0.4 is 0 Å². The predicted molar refractivity (Wildman–Crippen MR) is 113 cm³/mol. The Hall–Kier alpha value is -2.34. The van der Waals surface area contributed by atoms with Gasteiger partial charge in [-0.05, 0) is 75.4 Å². The van der Waals surface area contributed by atoms with Crippen molar-refractivity contribution >= 4 is 15.9 Å². The molecule has 2 aromatic rings. The maximum atomic E-state index is 12.9. The van der Waals surface area contributed by atoms with Gasteiger partial charge in [0.25, 0.3) is 0 Å². The van der Waals surface area contributed by atoms with E-state index in [1.807, 2.05) is 26.8 Å². The van der Waals surface area contributed by atoms with Gasteiger partial charge in [0.15, 0.2) is 0 Å². The number of fused-ring (bicyclic) bond motifs is 1. The standard InChI is InChI=1S/C23H29NO4S/c1-23(2,3)28-22(25)24(4)16-18-10-8-9-17-15-20(13-14-21(17)18)29(26,27)19-11-6-5-7-12-19/h5-7,11-15,18H,8-10,16H2,1-4H3/t18-/m1/s1. The Morgan fingerprint density at radius 3 is 2.45 bits per heavy atom. The third-order valence-electron chi connectivity index (χ3n) is 5.12. The third kappa shape index (κ3) is 4.99. The van der Waals surface area contributed by atoms with Crippen molar-refractivity contribution < 1.29 is 17.9 Å². The van der Waals surface area contributed by atoms with Gasteiger partial charge in [0.1, 0.15) is 5.60 Å². The molecule has 2 aromatic carbocycles. The fraction of sp³-hybridized carbons (Fsp3) is 0.435. The van der Waals surface area contributed by atoms with Crippen LogP contribution in [0.3, 0.4) is 0 Å². The summed E-state index contributed by atoms with van der Waals surface area (Å²) in [5.74, 6) is 0.171. The number of sulfone groups is 1. The highest BCUT2D eigenvalue weighted by atomic mass is 32.2. The summed E-state index contributed by atoms with van der Waals surface area (Å²) < 4.78 is 31.3. The number of hydrogen-bond donors (Lipinski definition) is 0. The molecule has 0 saturated carbocycles. The molecule has 0 aliphatic heterocycles. The van der Waals surface area contributed by atoms with Gasteiger partial charge in [-0.25, -0.2) is 13.2 Å². The number of nitrogens with zero attached hydrogens (tertiary/aromatic N) is 1. The number of ether oxygens (including phenoxy) is 1. The molecule has 0 radical (unpaired) electrons. The lowest BCUT2D eigenvalue weighted by Crippen LogP contribution is -2.37. The Morgan fingerprint density at radius 2 is 1.79 bits per heavy atom. The van der Waals surface area contributed by atoms with Crippen molar-refractivity contribution in [2.45, 2.75) is 61.3 Å². The first-order chi connectivity index (χ1) is 13.6. The summed E-state index contributed by atoms with van der Waals surface area (Å²) in [5.41, 5.74) is 1.64. The van der Waals surface area contributed by atoms with Crippen LogP contribution in [0.4, 0.5) is 4.79 Å². The summed E-state index contributed by atoms with van der Waals surface area (Å²) >= 11 is 0. The Labute approximate surface area is 173 Å². The van der Waals surface area contributed by atoms with Gasteiger partial charge in [-0.1, -0.05) is 24.3 Å². The van der Waals surface area contributed by atoms with E-state index in [4.69, 9.17) is 4.74 Å². The van der Waals surface area contributed by atoms with Gasteiger partial charge in [0.05, 0.1) is 9.79 Å². The van der Waals surface area contributed by atoms with Gasteiger partial charge in [0.2, 0.25) is 9.84 Å². The molecule has 29 heavy (non-hydrogen) atoms. The second-order valence-corrected chi connectivity index (χ2v) is 10.6. The monoisotopic (exact) mass is 415 g/mol. The Kier molecular flexibility index (Phi) is 6.03. The van der Waals surface area contributed by atoms with Crippen LogP contribution in [0.2, 0.25) is 0 Å². The van der Waals surface area contributed by atoms with E-state index in [1.54, 1.807) is 54.4 Å². The zero-order valence-electron chi connectivity index (χ0n) is 17.5. The summed E-state index contributed by atoms with van der Waals surface area (Å²) in [5, 5.41) is 0. The molecule has 1 atom stereocenters. The van der Waals surface area contributed by atoms with Crippen LogP contribution in [-0.4, -0.2) is 38.6 Å². The van der Waals surface area contributed by atoms with Gasteiger partial charge in [0, 0.05) is 19.5 Å². The summed E-state index contributed by atoms with van der Waals surface area (Å²) in [6.07, 6.45) is 2.44. The molecule has 6 heteroatoms. The first kappa shape index (κ1) is 21.4. The molecular formula is C23H29NO4S. The van der Waals surface area contributed by atoms with Crippen molar-refractivity contribution in [1.29, 1.82) is 0 Å². The number of hydrogen-bond acceptors (Lipinski definition) is 4. The average molecular weight is 416 g/mol. The van der Waals surface area contributed by atoms with Gasteiger partial charge in [-0.2, -0.15) is 0 Å². The second-order valence-electron chi connectivity index (χ2n) is 8.63. The number of likely N-dealkylation sites (N-methyl/N-ethyl adjacent to an activating group) is 1. The second kappa shape index (κ2) is 8.19. The minimum Gasteiger partial charge on any atom is -0.444 e. The van der Waals surface area contributed by atoms with Gasteiger partial charge in [-0.3, -0.25) is 0 Å². The van der Waals surface area contributed by atoms with E-state index >= 15 is 0 Å². The maximum absolute atomic E-state index is 12.9. The third-order valence-corrected chi connectivity index (χ3v) is 6.88. The molecule has 1 aliphatic carbocycles. The minimum atomic E-state index is -3.53. The van der Waals surface area contributed by atoms with Crippen molar-refractivity contribution in [3.05, 3.63) is 59.7 Å². The predicted octanol–water partition coefficient (Wildman–Crippen LogP) is 4.81. The normalized spacial score (nSPS) is 16.8. The largest absolute Gasteiger partial charge is 0.444 e. The van der Waals surface area contributed by atoms with Gasteiger partial charge < -0.3 is 9.64 Å². The molecule has 3 rings (SSSR count). The number of carbonyl (C=O) groups excluding carboxylic acids is 1. The fourth-order valence-corrected chi connectivity index (χ4v) is 5.06. The number of carbonyl (C=O) groups is 1. The van der Waals surface area contributed by atoms with E-state index in [2.05, 4.69) is 0 Å². The maximum Gasteiger partial charge on any atom is 0.410 e. The molecule has 0 heterocycles. The first-order valence-corrected chi connectivity index (χ1v) is 11.4. The molecule has 0 spiro atoms. The van der Waals surface area contributed by atoms with Crippen molar-refractivity contribution in [3.8, 4) is 0 Å². The number of amides is 1. The van der Waals surface area contributed by atoms with Crippen LogP contribution in [-0.2, 0) is 21.0 Å². The summed E-state index contributed by atoms with van der Waals surface area (Å²) in [7, 11) is -1.78. The Morgan fingerprint density at radius 1 is 1.10 bits per heavy atom. The number of benzene rings is 2. The topological polar surface area (TPSA) is 63.7 Å². The summed E-state index contributed by atoms with van der Waals surface area (Å²) in [4.78, 5) is 14.5. The quantitative estimate of drug-likeness (QED) is 0.719. The first-order valence-electron chi connectivity index (χ1n) is 9.95. The van der Waals surface area contributed by atoms with Crippen molar-refractivity contribution in [3.63, 3.8) is 0 Å². The Bertz CT molecular complexity index is 978. The molecule has 156 valence electrons. The van der Waals surface area contributed by atoms with Crippen LogP contribution >= 0.6 is 0 Å². The Balaban J connectivity index is 1.82. The van der Waals surface area contributed by atoms with E-state index in [1.165, 1.54) is 0 Å². The van der Waals surface area contributed by atoms with Gasteiger partial charge in [-0.15, -0.1) is 0 Å². The molecule has 0 saturated heterocycles. The zero-order chi connectivity index (χ0) is 21.2. The highest BCUT2D eigenvalue weighted by Crippen LogP contribution is 2.34. The fourth-order valence-electron chi connectivity index (χ4n) is 3.73. The average Bonchev–Trinajstić information content (AvgIpc) is 2.67. The lowest BCUT2D eigenvalue weighted by molar-refractivity contribution is 0.0286. The van der Waals surface area contributed by atoms with E-state index in [0.717, 1.165) is 30.4 Å². The molecular weight excluding hydrogens is 386 g/mol. The van der Waals surface area contributed by atoms with Crippen molar-refractivity contribution in [2.75, 3.05) is 13.6 Å². The SMILES string of the molecule is CN(C[C@H]1CCCc2cc(S(=O)(=O)c3ccccc3)ccc21)C(=O)OC(C)(C)C. The minimum absolute atomic E-state index is 0.171. The van der Waals surface area contributed by atoms with E-state index in [-0.39, 0.29) is 12.0 Å². The van der Waals surface area contributed by atoms with Gasteiger partial charge >= 0.3 is 6.09 Å². The summed E-state index contributed by atoms with van der Waals surface area (Å²) in [6.45, 7) is 6.10. The van der Waals surface area contributed by atoms with E-state index < -0.39 is 15.4 Å². The molecule has 1 aliphatic rings. The lowest BCUT2D eigenvalue weighted by Gasteiger charge is -2.31. The highest BCUT2D eigenvalue weighted by molar-refractivity contribution is 7.91. The van der Waals surface area contributed by atoms with Crippen LogP contribution in [0, 0.1) is 0 Å². The molecule has 0 bridgehead atoms. The van der Waals surface area contributed by atoms with Crippen molar-refractivity contribution in [1.82, 2.24) is 4.90 Å². The molecule has 5 nitrogen and oxygen atoms in total. The van der Waals surface area contributed by atoms with Crippen LogP contribution in [0.15, 0.2) is 58.3 Å². The van der Waals surface area contributed by atoms with Crippen LogP contribution in [0.25, 0.3) is 0 Å². The summed E-state index contributed by atoms with van der Waals surface area (Å²) in [6, 6.07) is 13.9. The van der Waals surface area contributed by atoms with Crippen molar-refractivity contribution in [2.24, 2.45) is 0 Å². The molecule has 0 aromatic heterocycles. The molecule has 0 fully saturated rings. The van der Waals surface area contributed by atoms with Crippen LogP contribution in [0.1, 0.15) is 50.7 Å². The zero-order valence-corrected chi connectivity index (χ0v) is 18.3. The smallest absolute Gasteiger partial charge is 0.410 e. The molecule has 0 unspecified atom stereocenters. The highest BCUT2D eigenvalue weighted by Gasteiger charge is 2.27. The molecule has 0 N–H and O–H groups in total. The lowest BCUT2D eigenvalue weighted by atomic mass is 9.82. The number of aryl methyl sites for hydroxylation is 1. The van der Waals surface area contributed by atoms with Crippen LogP contribution in [0.5, 0.6) is 0 Å². The van der Waals surface area contributed by atoms with E-state index in [0.29, 0.717) is 16.3 Å². The number of rotatable bonds is 4. The molecule has 1 amide bonds.